The van der Waals surface area contributed by atoms with E-state index >= 15 is 0 Å². The van der Waals surface area contributed by atoms with Gasteiger partial charge in [0.25, 0.3) is 11.6 Å². The van der Waals surface area contributed by atoms with Crippen molar-refractivity contribution in [1.82, 2.24) is 5.32 Å². The second kappa shape index (κ2) is 7.64. The minimum atomic E-state index is -0.534. The zero-order valence-electron chi connectivity index (χ0n) is 13.3. The molecule has 0 aromatic heterocycles. The van der Waals surface area contributed by atoms with Crippen LogP contribution in [0.3, 0.4) is 0 Å². The zero-order valence-corrected chi connectivity index (χ0v) is 14.0. The number of nitro benzene ring substituents is 1. The van der Waals surface area contributed by atoms with E-state index < -0.39 is 4.92 Å². The van der Waals surface area contributed by atoms with Crippen LogP contribution in [0.4, 0.5) is 5.69 Å². The molecule has 1 saturated carbocycles. The maximum absolute atomic E-state index is 12.0. The molecule has 2 rings (SSSR count). The second-order valence-corrected chi connectivity index (χ2v) is 6.51. The first kappa shape index (κ1) is 17.5. The maximum atomic E-state index is 12.0. The summed E-state index contributed by atoms with van der Waals surface area (Å²) in [7, 11) is 0. The van der Waals surface area contributed by atoms with Gasteiger partial charge in [-0.05, 0) is 24.3 Å². The van der Waals surface area contributed by atoms with Gasteiger partial charge in [-0.15, -0.1) is 0 Å². The molecule has 1 amide bonds. The Balaban J connectivity index is 1.88. The van der Waals surface area contributed by atoms with E-state index in [9.17, 15) is 14.9 Å². The molecule has 1 aliphatic carbocycles. The Bertz CT molecular complexity index is 593. The fraction of sp³-hybridized carbons (Fsp3) is 0.562. The number of non-ortho nitro benzene ring substituents is 1. The fourth-order valence-electron chi connectivity index (χ4n) is 2.90. The molecule has 23 heavy (non-hydrogen) atoms. The smallest absolute Gasteiger partial charge is 0.271 e. The van der Waals surface area contributed by atoms with E-state index in [0.29, 0.717) is 11.8 Å². The first-order chi connectivity index (χ1) is 10.9. The van der Waals surface area contributed by atoms with Gasteiger partial charge in [0.2, 0.25) is 0 Å². The number of hydrogen-bond acceptors (Lipinski definition) is 4. The second-order valence-electron chi connectivity index (χ2n) is 6.10. The summed E-state index contributed by atoms with van der Waals surface area (Å²) in [6.07, 6.45) is 3.30. The Morgan fingerprint density at radius 1 is 1.43 bits per heavy atom. The molecule has 0 saturated heterocycles. The molecule has 6 nitrogen and oxygen atoms in total. The molecule has 0 radical (unpaired) electrons. The number of rotatable bonds is 5. The molecule has 0 aliphatic heterocycles. The van der Waals surface area contributed by atoms with Crippen molar-refractivity contribution in [2.75, 3.05) is 6.61 Å². The van der Waals surface area contributed by atoms with Gasteiger partial charge in [-0.25, -0.2) is 0 Å². The van der Waals surface area contributed by atoms with Gasteiger partial charge >= 0.3 is 0 Å². The highest BCUT2D eigenvalue weighted by Crippen LogP contribution is 2.30. The molecule has 1 aromatic rings. The first-order valence-corrected chi connectivity index (χ1v) is 8.12. The van der Waals surface area contributed by atoms with Crippen molar-refractivity contribution in [3.8, 4) is 5.75 Å². The topological polar surface area (TPSA) is 81.5 Å². The summed E-state index contributed by atoms with van der Waals surface area (Å²) in [5.74, 6) is 1.09. The lowest BCUT2D eigenvalue weighted by Crippen LogP contribution is -2.45. The number of amides is 1. The highest BCUT2D eigenvalue weighted by molar-refractivity contribution is 6.32. The highest BCUT2D eigenvalue weighted by atomic mass is 35.5. The summed E-state index contributed by atoms with van der Waals surface area (Å²) in [5, 5.41) is 13.8. The van der Waals surface area contributed by atoms with E-state index in [1.807, 2.05) is 0 Å². The fourth-order valence-corrected chi connectivity index (χ4v) is 3.13. The van der Waals surface area contributed by atoms with Gasteiger partial charge in [-0.3, -0.25) is 14.9 Å². The zero-order chi connectivity index (χ0) is 17.0. The quantitative estimate of drug-likeness (QED) is 0.656. The van der Waals surface area contributed by atoms with Crippen LogP contribution in [-0.4, -0.2) is 23.5 Å². The van der Waals surface area contributed by atoms with Gasteiger partial charge in [0.05, 0.1) is 9.95 Å². The van der Waals surface area contributed by atoms with Crippen molar-refractivity contribution in [2.45, 2.75) is 39.2 Å². The third kappa shape index (κ3) is 4.58. The third-order valence-electron chi connectivity index (χ3n) is 4.54. The SMILES string of the molecule is CC1CCCC(NC(=O)COc2ccc([N+](=O)[O-])cc2Cl)C1C. The van der Waals surface area contributed by atoms with Gasteiger partial charge in [0.1, 0.15) is 5.75 Å². The van der Waals surface area contributed by atoms with E-state index in [-0.39, 0.29) is 35.0 Å². The van der Waals surface area contributed by atoms with Gasteiger partial charge in [-0.1, -0.05) is 38.3 Å². The number of halogens is 1. The molecule has 1 aromatic carbocycles. The normalized spacial score (nSPS) is 24.0. The summed E-state index contributed by atoms with van der Waals surface area (Å²) in [6, 6.07) is 4.07. The van der Waals surface area contributed by atoms with E-state index in [1.165, 1.54) is 24.6 Å². The van der Waals surface area contributed by atoms with Crippen molar-refractivity contribution in [1.29, 1.82) is 0 Å². The Labute approximate surface area is 140 Å². The Morgan fingerprint density at radius 2 is 2.17 bits per heavy atom. The van der Waals surface area contributed by atoms with Crippen LogP contribution < -0.4 is 10.1 Å². The molecule has 3 atom stereocenters. The molecule has 0 heterocycles. The molecule has 126 valence electrons. The van der Waals surface area contributed by atoms with Gasteiger partial charge in [0.15, 0.2) is 6.61 Å². The number of hydrogen-bond donors (Lipinski definition) is 1. The lowest BCUT2D eigenvalue weighted by atomic mass is 9.78. The number of benzene rings is 1. The number of carbonyl (C=O) groups is 1. The molecular weight excluding hydrogens is 320 g/mol. The number of nitrogens with zero attached hydrogens (tertiary/aromatic N) is 1. The average Bonchev–Trinajstić information content (AvgIpc) is 2.50. The maximum Gasteiger partial charge on any atom is 0.271 e. The summed E-state index contributed by atoms with van der Waals surface area (Å²) in [6.45, 7) is 4.20. The van der Waals surface area contributed by atoms with Crippen LogP contribution in [-0.2, 0) is 4.79 Å². The minimum absolute atomic E-state index is 0.114. The van der Waals surface area contributed by atoms with E-state index in [4.69, 9.17) is 16.3 Å². The van der Waals surface area contributed by atoms with Crippen LogP contribution in [0.15, 0.2) is 18.2 Å². The number of carbonyl (C=O) groups excluding carboxylic acids is 1. The number of nitro groups is 1. The lowest BCUT2D eigenvalue weighted by Gasteiger charge is -2.34. The van der Waals surface area contributed by atoms with Crippen molar-refractivity contribution in [3.05, 3.63) is 33.3 Å². The van der Waals surface area contributed by atoms with Crippen LogP contribution in [0.5, 0.6) is 5.75 Å². The largest absolute Gasteiger partial charge is 0.482 e. The van der Waals surface area contributed by atoms with Crippen molar-refractivity contribution in [2.24, 2.45) is 11.8 Å². The average molecular weight is 341 g/mol. The molecular formula is C16H21ClN2O4. The highest BCUT2D eigenvalue weighted by Gasteiger charge is 2.28. The van der Waals surface area contributed by atoms with Gasteiger partial charge in [0, 0.05) is 18.2 Å². The Kier molecular flexibility index (Phi) is 5.82. The third-order valence-corrected chi connectivity index (χ3v) is 4.83. The Morgan fingerprint density at radius 3 is 2.83 bits per heavy atom. The summed E-state index contributed by atoms with van der Waals surface area (Å²) < 4.78 is 5.37. The van der Waals surface area contributed by atoms with Crippen molar-refractivity contribution in [3.63, 3.8) is 0 Å². The molecule has 3 unspecified atom stereocenters. The van der Waals surface area contributed by atoms with E-state index in [2.05, 4.69) is 19.2 Å². The molecule has 7 heteroatoms. The standard InChI is InChI=1S/C16H21ClN2O4/c1-10-4-3-5-14(11(10)2)18-16(20)9-23-15-7-6-12(19(21)22)8-13(15)17/h6-8,10-11,14H,3-5,9H2,1-2H3,(H,18,20). The molecule has 0 spiro atoms. The monoisotopic (exact) mass is 340 g/mol. The molecule has 1 aliphatic rings. The van der Waals surface area contributed by atoms with E-state index in [0.717, 1.165) is 12.8 Å². The van der Waals surface area contributed by atoms with Crippen LogP contribution in [0.2, 0.25) is 5.02 Å². The molecule has 0 bridgehead atoms. The van der Waals surface area contributed by atoms with Crippen molar-refractivity contribution >= 4 is 23.2 Å². The van der Waals surface area contributed by atoms with Crippen LogP contribution >= 0.6 is 11.6 Å². The van der Waals surface area contributed by atoms with Crippen LogP contribution in [0.1, 0.15) is 33.1 Å². The van der Waals surface area contributed by atoms with Gasteiger partial charge < -0.3 is 10.1 Å². The van der Waals surface area contributed by atoms with Gasteiger partial charge in [-0.2, -0.15) is 0 Å². The summed E-state index contributed by atoms with van der Waals surface area (Å²) in [5.41, 5.74) is -0.114. The van der Waals surface area contributed by atoms with Crippen LogP contribution in [0.25, 0.3) is 0 Å². The molecule has 1 fully saturated rings. The first-order valence-electron chi connectivity index (χ1n) is 7.74. The summed E-state index contributed by atoms with van der Waals surface area (Å²) in [4.78, 5) is 22.2. The van der Waals surface area contributed by atoms with Crippen molar-refractivity contribution < 1.29 is 14.5 Å². The van der Waals surface area contributed by atoms with E-state index in [1.54, 1.807) is 0 Å². The minimum Gasteiger partial charge on any atom is -0.482 e. The number of nitrogens with one attached hydrogen (secondary N) is 1. The predicted octanol–water partition coefficient (Wildman–Crippen LogP) is 3.57. The molecule has 1 N–H and O–H groups in total. The summed E-state index contributed by atoms with van der Waals surface area (Å²) >= 11 is 5.93. The Hall–Kier alpha value is -1.82. The predicted molar refractivity (Wildman–Crippen MR) is 87.7 cm³/mol. The lowest BCUT2D eigenvalue weighted by molar-refractivity contribution is -0.384. The van der Waals surface area contributed by atoms with Crippen LogP contribution in [0, 0.1) is 22.0 Å². The number of ether oxygens (including phenoxy) is 1.